The van der Waals surface area contributed by atoms with Crippen molar-refractivity contribution in [3.8, 4) is 0 Å². The van der Waals surface area contributed by atoms with Gasteiger partial charge >= 0.3 is 11.9 Å². The molecule has 0 aliphatic carbocycles. The molecule has 0 radical (unpaired) electrons. The van der Waals surface area contributed by atoms with E-state index in [4.69, 9.17) is 9.84 Å². The highest BCUT2D eigenvalue weighted by atomic mass is 32.1. The highest BCUT2D eigenvalue weighted by molar-refractivity contribution is 7.11. The molecule has 1 atom stereocenters. The topological polar surface area (TPSA) is 76.5 Å². The first-order chi connectivity index (χ1) is 7.95. The van der Waals surface area contributed by atoms with Crippen molar-refractivity contribution < 1.29 is 19.4 Å². The Balaban J connectivity index is 2.80. The van der Waals surface area contributed by atoms with Gasteiger partial charge in [0.1, 0.15) is 0 Å². The lowest BCUT2D eigenvalue weighted by Crippen LogP contribution is -2.27. The van der Waals surface area contributed by atoms with Gasteiger partial charge in [-0.3, -0.25) is 9.59 Å². The van der Waals surface area contributed by atoms with E-state index in [0.717, 1.165) is 10.6 Å². The van der Waals surface area contributed by atoms with Crippen molar-refractivity contribution in [1.82, 2.24) is 4.98 Å². The number of thiazole rings is 1. The van der Waals surface area contributed by atoms with Crippen LogP contribution < -0.4 is 0 Å². The second kappa shape index (κ2) is 5.77. The summed E-state index contributed by atoms with van der Waals surface area (Å²) in [6.45, 7) is 5.60. The molecular weight excluding hydrogens is 242 g/mol. The lowest BCUT2D eigenvalue weighted by atomic mass is 10.1. The predicted molar refractivity (Wildman–Crippen MR) is 63.1 cm³/mol. The van der Waals surface area contributed by atoms with Gasteiger partial charge < -0.3 is 9.84 Å². The van der Waals surface area contributed by atoms with E-state index < -0.39 is 17.9 Å². The van der Waals surface area contributed by atoms with Crippen LogP contribution in [-0.2, 0) is 20.7 Å². The molecule has 0 spiro atoms. The normalized spacial score (nSPS) is 12.2. The van der Waals surface area contributed by atoms with Crippen molar-refractivity contribution in [3.63, 3.8) is 0 Å². The zero-order valence-electron chi connectivity index (χ0n) is 10.0. The van der Waals surface area contributed by atoms with E-state index in [1.165, 1.54) is 11.3 Å². The first-order valence-corrected chi connectivity index (χ1v) is 6.09. The molecule has 6 heteroatoms. The number of hydrogen-bond donors (Lipinski definition) is 1. The minimum absolute atomic E-state index is 0.0908. The third-order valence-electron chi connectivity index (χ3n) is 2.32. The first-order valence-electron chi connectivity index (χ1n) is 5.28. The molecule has 0 saturated carbocycles. The van der Waals surface area contributed by atoms with Gasteiger partial charge in [-0.25, -0.2) is 4.98 Å². The fraction of sp³-hybridized carbons (Fsp3) is 0.545. The van der Waals surface area contributed by atoms with Gasteiger partial charge in [0.2, 0.25) is 0 Å². The summed E-state index contributed by atoms with van der Waals surface area (Å²) in [6.07, 6.45) is 0.0908. The Labute approximate surface area is 103 Å². The van der Waals surface area contributed by atoms with Crippen molar-refractivity contribution in [2.45, 2.75) is 27.2 Å². The van der Waals surface area contributed by atoms with Crippen LogP contribution in [0.25, 0.3) is 0 Å². The number of ether oxygens (including phenoxy) is 1. The van der Waals surface area contributed by atoms with E-state index in [1.807, 2.05) is 13.8 Å². The standard InChI is InChI=1S/C11H15NO4S/c1-4-16-11(15)8(10(13)14)5-9-12-6(2)7(3)17-9/h8H,4-5H2,1-3H3,(H,13,14). The van der Waals surface area contributed by atoms with Crippen LogP contribution in [0, 0.1) is 19.8 Å². The molecule has 17 heavy (non-hydrogen) atoms. The van der Waals surface area contributed by atoms with Crippen molar-refractivity contribution in [2.24, 2.45) is 5.92 Å². The second-order valence-corrected chi connectivity index (χ2v) is 4.88. The molecule has 0 amide bonds. The molecular formula is C11H15NO4S. The number of hydrogen-bond acceptors (Lipinski definition) is 5. The molecule has 0 bridgehead atoms. The van der Waals surface area contributed by atoms with Gasteiger partial charge in [-0.15, -0.1) is 11.3 Å². The Morgan fingerprint density at radius 2 is 2.12 bits per heavy atom. The third-order valence-corrected chi connectivity index (χ3v) is 3.42. The molecule has 1 unspecified atom stereocenters. The molecule has 94 valence electrons. The number of carboxylic acid groups (broad SMARTS) is 1. The number of aliphatic carboxylic acids is 1. The minimum Gasteiger partial charge on any atom is -0.481 e. The van der Waals surface area contributed by atoms with Crippen molar-refractivity contribution >= 4 is 23.3 Å². The van der Waals surface area contributed by atoms with Gasteiger partial charge in [0.05, 0.1) is 17.3 Å². The molecule has 1 rings (SSSR count). The van der Waals surface area contributed by atoms with Crippen LogP contribution in [-0.4, -0.2) is 28.6 Å². The Bertz CT molecular complexity index is 408. The molecule has 5 nitrogen and oxygen atoms in total. The molecule has 1 heterocycles. The zero-order chi connectivity index (χ0) is 13.0. The largest absolute Gasteiger partial charge is 0.481 e. The number of esters is 1. The van der Waals surface area contributed by atoms with E-state index in [2.05, 4.69) is 4.98 Å². The van der Waals surface area contributed by atoms with Gasteiger partial charge in [-0.1, -0.05) is 0 Å². The van der Waals surface area contributed by atoms with Crippen LogP contribution >= 0.6 is 11.3 Å². The van der Waals surface area contributed by atoms with Crippen LogP contribution in [0.1, 0.15) is 22.5 Å². The minimum atomic E-state index is -1.17. The number of carbonyl (C=O) groups excluding carboxylic acids is 1. The molecule has 1 aromatic heterocycles. The average Bonchev–Trinajstić information content (AvgIpc) is 2.54. The van der Waals surface area contributed by atoms with Crippen molar-refractivity contribution in [1.29, 1.82) is 0 Å². The van der Waals surface area contributed by atoms with Crippen molar-refractivity contribution in [2.75, 3.05) is 6.61 Å². The van der Waals surface area contributed by atoms with Gasteiger partial charge in [-0.2, -0.15) is 0 Å². The molecule has 1 N–H and O–H groups in total. The average molecular weight is 257 g/mol. The molecule has 0 saturated heterocycles. The Morgan fingerprint density at radius 1 is 1.47 bits per heavy atom. The van der Waals surface area contributed by atoms with Gasteiger partial charge in [0, 0.05) is 11.3 Å². The summed E-state index contributed by atoms with van der Waals surface area (Å²) >= 11 is 1.41. The van der Waals surface area contributed by atoms with Crippen LogP contribution in [0.5, 0.6) is 0 Å². The summed E-state index contributed by atoms with van der Waals surface area (Å²) < 4.78 is 4.73. The number of nitrogens with zero attached hydrogens (tertiary/aromatic N) is 1. The van der Waals surface area contributed by atoms with E-state index >= 15 is 0 Å². The number of carboxylic acids is 1. The van der Waals surface area contributed by atoms with Crippen LogP contribution in [0.2, 0.25) is 0 Å². The monoisotopic (exact) mass is 257 g/mol. The Kier molecular flexibility index (Phi) is 4.62. The fourth-order valence-corrected chi connectivity index (χ4v) is 2.29. The quantitative estimate of drug-likeness (QED) is 0.640. The maximum atomic E-state index is 11.5. The van der Waals surface area contributed by atoms with Gasteiger partial charge in [0.25, 0.3) is 0 Å². The smallest absolute Gasteiger partial charge is 0.320 e. The highest BCUT2D eigenvalue weighted by Gasteiger charge is 2.29. The molecule has 0 aliphatic rings. The van der Waals surface area contributed by atoms with Crippen LogP contribution in [0.15, 0.2) is 0 Å². The van der Waals surface area contributed by atoms with Crippen molar-refractivity contribution in [3.05, 3.63) is 15.6 Å². The van der Waals surface area contributed by atoms with Crippen LogP contribution in [0.4, 0.5) is 0 Å². The summed E-state index contributed by atoms with van der Waals surface area (Å²) in [7, 11) is 0. The summed E-state index contributed by atoms with van der Waals surface area (Å²) in [4.78, 5) is 27.7. The molecule has 0 aliphatic heterocycles. The summed E-state index contributed by atoms with van der Waals surface area (Å²) in [5, 5.41) is 9.64. The Hall–Kier alpha value is -1.43. The first kappa shape index (κ1) is 13.6. The number of aryl methyl sites for hydroxylation is 2. The number of carbonyl (C=O) groups is 2. The summed E-state index contributed by atoms with van der Waals surface area (Å²) in [5.41, 5.74) is 0.873. The molecule has 0 aromatic carbocycles. The van der Waals surface area contributed by atoms with E-state index in [9.17, 15) is 9.59 Å². The molecule has 1 aromatic rings. The molecule has 0 fully saturated rings. The zero-order valence-corrected chi connectivity index (χ0v) is 10.8. The van der Waals surface area contributed by atoms with E-state index in [0.29, 0.717) is 5.01 Å². The Morgan fingerprint density at radius 3 is 2.53 bits per heavy atom. The summed E-state index contributed by atoms with van der Waals surface area (Å²) in [6, 6.07) is 0. The van der Waals surface area contributed by atoms with E-state index in [-0.39, 0.29) is 13.0 Å². The lowest BCUT2D eigenvalue weighted by molar-refractivity contribution is -0.158. The predicted octanol–water partition coefficient (Wildman–Crippen LogP) is 1.57. The highest BCUT2D eigenvalue weighted by Crippen LogP contribution is 2.20. The number of rotatable bonds is 5. The van der Waals surface area contributed by atoms with Gasteiger partial charge in [-0.05, 0) is 20.8 Å². The number of aromatic nitrogens is 1. The SMILES string of the molecule is CCOC(=O)C(Cc1nc(C)c(C)s1)C(=O)O. The van der Waals surface area contributed by atoms with E-state index in [1.54, 1.807) is 6.92 Å². The fourth-order valence-electron chi connectivity index (χ4n) is 1.32. The summed E-state index contributed by atoms with van der Waals surface area (Å²) in [5.74, 6) is -3.04. The van der Waals surface area contributed by atoms with Gasteiger partial charge in [0.15, 0.2) is 5.92 Å². The lowest BCUT2D eigenvalue weighted by Gasteiger charge is -2.09. The third kappa shape index (κ3) is 3.52. The maximum absolute atomic E-state index is 11.5. The maximum Gasteiger partial charge on any atom is 0.320 e. The second-order valence-electron chi connectivity index (χ2n) is 3.60. The van der Waals surface area contributed by atoms with Crippen LogP contribution in [0.3, 0.4) is 0 Å².